The molecular weight excluding hydrogens is 368 g/mol. The number of amides is 1. The van der Waals surface area contributed by atoms with Gasteiger partial charge in [-0.2, -0.15) is 0 Å². The minimum absolute atomic E-state index is 0.120. The standard InChI is InChI=1S/C18H16N4O2S2/c1-11-14(25-17(20-11)13-6-5-9-24-13)10-19-16(23)15-12(2)21-18(26-15)22-7-3-4-8-22/h3-9H,10H2,1-2H3,(H,19,23). The zero-order valence-corrected chi connectivity index (χ0v) is 15.9. The Hall–Kier alpha value is -2.71. The Bertz CT molecular complexity index is 1030. The lowest BCUT2D eigenvalue weighted by molar-refractivity contribution is 0.0954. The maximum absolute atomic E-state index is 12.6. The Kier molecular flexibility index (Phi) is 4.44. The second-order valence-corrected chi connectivity index (χ2v) is 7.75. The first-order valence-electron chi connectivity index (χ1n) is 8.01. The van der Waals surface area contributed by atoms with Gasteiger partial charge in [0.1, 0.15) is 4.88 Å². The smallest absolute Gasteiger partial charge is 0.263 e. The summed E-state index contributed by atoms with van der Waals surface area (Å²) < 4.78 is 7.29. The second-order valence-electron chi connectivity index (χ2n) is 5.69. The number of carbonyl (C=O) groups is 1. The molecule has 4 aromatic rings. The van der Waals surface area contributed by atoms with Crippen molar-refractivity contribution in [1.29, 1.82) is 0 Å². The normalized spacial score (nSPS) is 11.0. The fraction of sp³-hybridized carbons (Fsp3) is 0.167. The molecule has 0 spiro atoms. The molecule has 6 nitrogen and oxygen atoms in total. The average Bonchev–Trinajstić information content (AvgIpc) is 3.39. The molecule has 26 heavy (non-hydrogen) atoms. The summed E-state index contributed by atoms with van der Waals surface area (Å²) in [5.74, 6) is 0.621. The SMILES string of the molecule is Cc1nc(-c2ccco2)sc1CNC(=O)c1sc(-n2cccc2)nc1C. The summed E-state index contributed by atoms with van der Waals surface area (Å²) in [4.78, 5) is 23.2. The molecule has 0 saturated heterocycles. The molecule has 4 rings (SSSR count). The highest BCUT2D eigenvalue weighted by Crippen LogP contribution is 2.28. The van der Waals surface area contributed by atoms with E-state index in [1.807, 2.05) is 55.1 Å². The predicted octanol–water partition coefficient (Wildman–Crippen LogP) is 4.20. The van der Waals surface area contributed by atoms with Crippen molar-refractivity contribution < 1.29 is 9.21 Å². The highest BCUT2D eigenvalue weighted by molar-refractivity contribution is 7.16. The summed E-state index contributed by atoms with van der Waals surface area (Å²) in [7, 11) is 0. The number of aryl methyl sites for hydroxylation is 2. The van der Waals surface area contributed by atoms with Crippen molar-refractivity contribution in [2.75, 3.05) is 0 Å². The second kappa shape index (κ2) is 6.89. The van der Waals surface area contributed by atoms with E-state index in [0.717, 1.165) is 32.2 Å². The third kappa shape index (κ3) is 3.21. The number of thiazole rings is 2. The first kappa shape index (κ1) is 16.7. The lowest BCUT2D eigenvalue weighted by Gasteiger charge is -2.02. The van der Waals surface area contributed by atoms with Gasteiger partial charge in [0.05, 0.1) is 24.2 Å². The maximum Gasteiger partial charge on any atom is 0.263 e. The summed E-state index contributed by atoms with van der Waals surface area (Å²) in [5, 5.41) is 4.58. The van der Waals surface area contributed by atoms with Gasteiger partial charge in [-0.1, -0.05) is 11.3 Å². The van der Waals surface area contributed by atoms with Gasteiger partial charge >= 0.3 is 0 Å². The largest absolute Gasteiger partial charge is 0.462 e. The van der Waals surface area contributed by atoms with Crippen LogP contribution in [0.25, 0.3) is 15.9 Å². The summed E-state index contributed by atoms with van der Waals surface area (Å²) in [6.45, 7) is 4.22. The van der Waals surface area contributed by atoms with Gasteiger partial charge in [0.2, 0.25) is 0 Å². The van der Waals surface area contributed by atoms with Crippen molar-refractivity contribution in [1.82, 2.24) is 19.9 Å². The zero-order chi connectivity index (χ0) is 18.1. The van der Waals surface area contributed by atoms with Crippen LogP contribution in [0.15, 0.2) is 47.3 Å². The van der Waals surface area contributed by atoms with E-state index in [4.69, 9.17) is 4.42 Å². The number of carbonyl (C=O) groups excluding carboxylic acids is 1. The van der Waals surface area contributed by atoms with Gasteiger partial charge in [0.15, 0.2) is 15.9 Å². The molecule has 0 atom stereocenters. The molecule has 0 radical (unpaired) electrons. The summed E-state index contributed by atoms with van der Waals surface area (Å²) in [6, 6.07) is 7.58. The molecule has 1 N–H and O–H groups in total. The summed E-state index contributed by atoms with van der Waals surface area (Å²) >= 11 is 2.91. The Morgan fingerprint density at radius 1 is 1.15 bits per heavy atom. The fourth-order valence-corrected chi connectivity index (χ4v) is 4.42. The lowest BCUT2D eigenvalue weighted by Crippen LogP contribution is -2.22. The Balaban J connectivity index is 1.48. The van der Waals surface area contributed by atoms with E-state index in [2.05, 4.69) is 15.3 Å². The Labute approximate surface area is 158 Å². The summed E-state index contributed by atoms with van der Waals surface area (Å²) in [5.41, 5.74) is 1.63. The van der Waals surface area contributed by atoms with Crippen LogP contribution in [-0.2, 0) is 6.54 Å². The number of nitrogens with zero attached hydrogens (tertiary/aromatic N) is 3. The molecule has 0 fully saturated rings. The van der Waals surface area contributed by atoms with Crippen LogP contribution < -0.4 is 5.32 Å². The van der Waals surface area contributed by atoms with Crippen LogP contribution in [0, 0.1) is 13.8 Å². The minimum atomic E-state index is -0.120. The first-order chi connectivity index (χ1) is 12.6. The molecule has 0 saturated carbocycles. The lowest BCUT2D eigenvalue weighted by atomic mass is 10.3. The van der Waals surface area contributed by atoms with Gasteiger partial charge in [-0.05, 0) is 38.1 Å². The van der Waals surface area contributed by atoms with E-state index in [-0.39, 0.29) is 5.91 Å². The molecule has 0 aliphatic heterocycles. The topological polar surface area (TPSA) is 73.0 Å². The van der Waals surface area contributed by atoms with Gasteiger partial charge in [-0.25, -0.2) is 9.97 Å². The summed E-state index contributed by atoms with van der Waals surface area (Å²) in [6.07, 6.45) is 5.45. The van der Waals surface area contributed by atoms with Crippen molar-refractivity contribution in [3.63, 3.8) is 0 Å². The number of hydrogen-bond acceptors (Lipinski definition) is 6. The fourth-order valence-electron chi connectivity index (χ4n) is 2.50. The van der Waals surface area contributed by atoms with Crippen molar-refractivity contribution in [3.05, 3.63) is 64.1 Å². The van der Waals surface area contributed by atoms with E-state index < -0.39 is 0 Å². The highest BCUT2D eigenvalue weighted by atomic mass is 32.1. The number of rotatable bonds is 5. The van der Waals surface area contributed by atoms with Crippen LogP contribution in [0.1, 0.15) is 25.9 Å². The van der Waals surface area contributed by atoms with E-state index in [0.29, 0.717) is 11.4 Å². The molecule has 132 valence electrons. The molecule has 0 aromatic carbocycles. The molecule has 8 heteroatoms. The molecule has 0 aliphatic carbocycles. The first-order valence-corrected chi connectivity index (χ1v) is 9.64. The number of aromatic nitrogens is 3. The Morgan fingerprint density at radius 2 is 1.96 bits per heavy atom. The van der Waals surface area contributed by atoms with Gasteiger partial charge in [0, 0.05) is 17.3 Å². The molecule has 4 aromatic heterocycles. The van der Waals surface area contributed by atoms with E-state index in [1.54, 1.807) is 6.26 Å². The van der Waals surface area contributed by atoms with E-state index >= 15 is 0 Å². The molecule has 0 aliphatic rings. The Morgan fingerprint density at radius 3 is 2.69 bits per heavy atom. The van der Waals surface area contributed by atoms with Gasteiger partial charge in [-0.3, -0.25) is 4.79 Å². The van der Waals surface area contributed by atoms with Crippen LogP contribution in [0.2, 0.25) is 0 Å². The number of furan rings is 1. The van der Waals surface area contributed by atoms with E-state index in [9.17, 15) is 4.79 Å². The number of hydrogen-bond donors (Lipinski definition) is 1. The minimum Gasteiger partial charge on any atom is -0.462 e. The van der Waals surface area contributed by atoms with Crippen LogP contribution in [0.4, 0.5) is 0 Å². The molecule has 1 amide bonds. The quantitative estimate of drug-likeness (QED) is 0.560. The average molecular weight is 384 g/mol. The van der Waals surface area contributed by atoms with Crippen LogP contribution in [0.5, 0.6) is 0 Å². The van der Waals surface area contributed by atoms with Gasteiger partial charge in [0.25, 0.3) is 5.91 Å². The maximum atomic E-state index is 12.6. The van der Waals surface area contributed by atoms with E-state index in [1.165, 1.54) is 22.7 Å². The molecular formula is C18H16N4O2S2. The third-order valence-electron chi connectivity index (χ3n) is 3.85. The molecule has 0 unspecified atom stereocenters. The predicted molar refractivity (Wildman–Crippen MR) is 102 cm³/mol. The van der Waals surface area contributed by atoms with Gasteiger partial charge in [-0.15, -0.1) is 11.3 Å². The highest BCUT2D eigenvalue weighted by Gasteiger charge is 2.17. The van der Waals surface area contributed by atoms with Crippen molar-refractivity contribution >= 4 is 28.6 Å². The van der Waals surface area contributed by atoms with Crippen LogP contribution >= 0.6 is 22.7 Å². The van der Waals surface area contributed by atoms with Crippen molar-refractivity contribution in [3.8, 4) is 15.9 Å². The molecule has 0 bridgehead atoms. The van der Waals surface area contributed by atoms with Gasteiger partial charge < -0.3 is 14.3 Å². The zero-order valence-electron chi connectivity index (χ0n) is 14.2. The third-order valence-corrected chi connectivity index (χ3v) is 6.19. The molecule has 4 heterocycles. The number of nitrogens with one attached hydrogen (secondary N) is 1. The van der Waals surface area contributed by atoms with Crippen molar-refractivity contribution in [2.24, 2.45) is 0 Å². The monoisotopic (exact) mass is 384 g/mol. The van der Waals surface area contributed by atoms with Crippen LogP contribution in [0.3, 0.4) is 0 Å². The van der Waals surface area contributed by atoms with Crippen LogP contribution in [-0.4, -0.2) is 20.4 Å². The van der Waals surface area contributed by atoms with Crippen molar-refractivity contribution in [2.45, 2.75) is 20.4 Å².